The first-order valence-electron chi connectivity index (χ1n) is 12.1. The SMILES string of the molecule is CO[C@@H]1C(O[Si](C)(C)C(C)(C)C)CCC2(CC2)[C@H]1[C@@]1(C)O[C@@H]1CC=C1CCCC1. The van der Waals surface area contributed by atoms with E-state index in [0.717, 1.165) is 12.8 Å². The highest BCUT2D eigenvalue weighted by Crippen LogP contribution is 2.67. The Morgan fingerprint density at radius 3 is 2.34 bits per heavy atom. The van der Waals surface area contributed by atoms with E-state index in [-0.39, 0.29) is 22.8 Å². The lowest BCUT2D eigenvalue weighted by Crippen LogP contribution is -2.56. The van der Waals surface area contributed by atoms with Crippen molar-refractivity contribution in [2.75, 3.05) is 7.11 Å². The van der Waals surface area contributed by atoms with Gasteiger partial charge in [-0.2, -0.15) is 0 Å². The molecule has 4 heteroatoms. The van der Waals surface area contributed by atoms with Gasteiger partial charge in [-0.15, -0.1) is 0 Å². The van der Waals surface area contributed by atoms with Crippen molar-refractivity contribution < 1.29 is 13.9 Å². The number of hydrogen-bond donors (Lipinski definition) is 0. The summed E-state index contributed by atoms with van der Waals surface area (Å²) < 4.78 is 19.7. The standard InChI is InChI=1S/C25H44O3Si/c1-23(2,3)29(6,7)28-19-14-15-25(16-17-25)22(21(19)26-5)24(4)20(27-24)13-12-18-10-8-9-11-18/h12,19-22H,8-11,13-17H2,1-7H3/t19?,20-,21-,22-,24+/m1/s1. The van der Waals surface area contributed by atoms with Crippen LogP contribution in [0.15, 0.2) is 11.6 Å². The van der Waals surface area contributed by atoms with Crippen LogP contribution in [-0.2, 0) is 13.9 Å². The van der Waals surface area contributed by atoms with Gasteiger partial charge in [0.05, 0.1) is 23.9 Å². The van der Waals surface area contributed by atoms with E-state index < -0.39 is 8.32 Å². The third-order valence-electron chi connectivity index (χ3n) is 9.16. The van der Waals surface area contributed by atoms with Crippen LogP contribution in [0, 0.1) is 11.3 Å². The molecule has 0 bridgehead atoms. The molecule has 4 fully saturated rings. The zero-order valence-corrected chi connectivity index (χ0v) is 21.0. The summed E-state index contributed by atoms with van der Waals surface area (Å²) in [6, 6.07) is 0. The van der Waals surface area contributed by atoms with Gasteiger partial charge in [0.25, 0.3) is 0 Å². The van der Waals surface area contributed by atoms with Crippen molar-refractivity contribution >= 4 is 8.32 Å². The van der Waals surface area contributed by atoms with Gasteiger partial charge in [0.2, 0.25) is 0 Å². The Bertz CT molecular complexity index is 637. The minimum Gasteiger partial charge on any atom is -0.411 e. The van der Waals surface area contributed by atoms with Crippen LogP contribution in [0.4, 0.5) is 0 Å². The van der Waals surface area contributed by atoms with Crippen molar-refractivity contribution in [3.8, 4) is 0 Å². The fourth-order valence-corrected chi connectivity index (χ4v) is 7.43. The maximum Gasteiger partial charge on any atom is 0.192 e. The lowest BCUT2D eigenvalue weighted by atomic mass is 9.66. The predicted molar refractivity (Wildman–Crippen MR) is 122 cm³/mol. The highest BCUT2D eigenvalue weighted by molar-refractivity contribution is 6.74. The lowest BCUT2D eigenvalue weighted by molar-refractivity contribution is -0.111. The minimum atomic E-state index is -1.82. The van der Waals surface area contributed by atoms with E-state index in [1.807, 2.05) is 7.11 Å². The first-order valence-corrected chi connectivity index (χ1v) is 15.0. The number of epoxide rings is 1. The molecule has 1 spiro atoms. The Hall–Kier alpha value is -0.163. The van der Waals surface area contributed by atoms with Crippen molar-refractivity contribution in [3.05, 3.63) is 11.6 Å². The molecule has 3 nitrogen and oxygen atoms in total. The summed E-state index contributed by atoms with van der Waals surface area (Å²) in [7, 11) is 0.0801. The summed E-state index contributed by atoms with van der Waals surface area (Å²) in [6.07, 6.45) is 14.8. The molecule has 0 aromatic heterocycles. The summed E-state index contributed by atoms with van der Waals surface area (Å²) in [6.45, 7) is 14.1. The fraction of sp³-hybridized carbons (Fsp3) is 0.920. The Balaban J connectivity index is 1.51. The van der Waals surface area contributed by atoms with Crippen LogP contribution in [0.1, 0.15) is 85.5 Å². The Kier molecular flexibility index (Phi) is 5.67. The zero-order chi connectivity index (χ0) is 21.1. The van der Waals surface area contributed by atoms with Crippen molar-refractivity contribution in [2.45, 2.75) is 128 Å². The second-order valence-electron chi connectivity index (χ2n) is 12.1. The molecule has 166 valence electrons. The molecule has 29 heavy (non-hydrogen) atoms. The fourth-order valence-electron chi connectivity index (χ4n) is 6.07. The van der Waals surface area contributed by atoms with Gasteiger partial charge in [-0.05, 0) is 88.3 Å². The maximum absolute atomic E-state index is 6.94. The zero-order valence-electron chi connectivity index (χ0n) is 20.0. The normalized spacial score (nSPS) is 39.1. The molecule has 1 heterocycles. The highest BCUT2D eigenvalue weighted by Gasteiger charge is 2.70. The molecule has 0 N–H and O–H groups in total. The van der Waals surface area contributed by atoms with Gasteiger partial charge in [-0.25, -0.2) is 0 Å². The second kappa shape index (κ2) is 7.46. The van der Waals surface area contributed by atoms with Gasteiger partial charge in [0.1, 0.15) is 0 Å². The first-order chi connectivity index (χ1) is 13.5. The van der Waals surface area contributed by atoms with Crippen LogP contribution in [0.5, 0.6) is 0 Å². The van der Waals surface area contributed by atoms with E-state index in [9.17, 15) is 0 Å². The molecule has 0 radical (unpaired) electrons. The summed E-state index contributed by atoms with van der Waals surface area (Å²) >= 11 is 0. The number of allylic oxidation sites excluding steroid dienone is 1. The molecular formula is C25H44O3Si. The van der Waals surface area contributed by atoms with Gasteiger partial charge < -0.3 is 13.9 Å². The summed E-state index contributed by atoms with van der Waals surface area (Å²) in [5.74, 6) is 0.468. The maximum atomic E-state index is 6.94. The molecule has 3 saturated carbocycles. The van der Waals surface area contributed by atoms with Gasteiger partial charge in [-0.3, -0.25) is 0 Å². The van der Waals surface area contributed by atoms with Gasteiger partial charge >= 0.3 is 0 Å². The predicted octanol–water partition coefficient (Wildman–Crippen LogP) is 6.63. The van der Waals surface area contributed by atoms with Crippen molar-refractivity contribution in [2.24, 2.45) is 11.3 Å². The molecular weight excluding hydrogens is 376 g/mol. The van der Waals surface area contributed by atoms with Crippen LogP contribution in [0.3, 0.4) is 0 Å². The summed E-state index contributed by atoms with van der Waals surface area (Å²) in [5, 5.41) is 0.228. The van der Waals surface area contributed by atoms with Crippen molar-refractivity contribution in [3.63, 3.8) is 0 Å². The van der Waals surface area contributed by atoms with Crippen LogP contribution in [0.2, 0.25) is 18.1 Å². The third kappa shape index (κ3) is 4.04. The van der Waals surface area contributed by atoms with Crippen LogP contribution in [-0.4, -0.2) is 39.3 Å². The Morgan fingerprint density at radius 2 is 1.79 bits per heavy atom. The molecule has 0 amide bonds. The molecule has 4 aliphatic rings. The number of rotatable bonds is 6. The largest absolute Gasteiger partial charge is 0.411 e. The van der Waals surface area contributed by atoms with E-state index in [0.29, 0.717) is 17.4 Å². The second-order valence-corrected chi connectivity index (χ2v) is 16.8. The first kappa shape index (κ1) is 22.0. The Labute approximate surface area is 180 Å². The molecule has 1 aliphatic heterocycles. The van der Waals surface area contributed by atoms with Crippen molar-refractivity contribution in [1.29, 1.82) is 0 Å². The summed E-state index contributed by atoms with van der Waals surface area (Å²) in [4.78, 5) is 0. The number of hydrogen-bond acceptors (Lipinski definition) is 3. The average molecular weight is 421 g/mol. The molecule has 1 saturated heterocycles. The highest BCUT2D eigenvalue weighted by atomic mass is 28.4. The molecule has 3 aliphatic carbocycles. The van der Waals surface area contributed by atoms with E-state index in [1.54, 1.807) is 5.57 Å². The Morgan fingerprint density at radius 1 is 1.14 bits per heavy atom. The lowest BCUT2D eigenvalue weighted by Gasteiger charge is -2.49. The van der Waals surface area contributed by atoms with E-state index in [2.05, 4.69) is 46.9 Å². The third-order valence-corrected chi connectivity index (χ3v) is 13.7. The minimum absolute atomic E-state index is 0.0394. The van der Waals surface area contributed by atoms with Crippen LogP contribution < -0.4 is 0 Å². The summed E-state index contributed by atoms with van der Waals surface area (Å²) in [5.41, 5.74) is 2.07. The molecule has 0 aromatic carbocycles. The molecule has 5 atom stereocenters. The molecule has 1 unspecified atom stereocenters. The van der Waals surface area contributed by atoms with Gasteiger partial charge in [0.15, 0.2) is 8.32 Å². The smallest absolute Gasteiger partial charge is 0.192 e. The monoisotopic (exact) mass is 420 g/mol. The topological polar surface area (TPSA) is 31.0 Å². The molecule has 0 aromatic rings. The average Bonchev–Trinajstić information content (AvgIpc) is 3.47. The quantitative estimate of drug-likeness (QED) is 0.274. The van der Waals surface area contributed by atoms with Gasteiger partial charge in [0, 0.05) is 13.0 Å². The van der Waals surface area contributed by atoms with E-state index in [1.165, 1.54) is 44.9 Å². The van der Waals surface area contributed by atoms with Crippen molar-refractivity contribution in [1.82, 2.24) is 0 Å². The van der Waals surface area contributed by atoms with Crippen LogP contribution >= 0.6 is 0 Å². The number of methoxy groups -OCH3 is 1. The van der Waals surface area contributed by atoms with E-state index >= 15 is 0 Å². The number of ether oxygens (including phenoxy) is 2. The van der Waals surface area contributed by atoms with E-state index in [4.69, 9.17) is 13.9 Å². The van der Waals surface area contributed by atoms with Gasteiger partial charge in [-0.1, -0.05) is 32.4 Å². The molecule has 4 rings (SSSR count). The van der Waals surface area contributed by atoms with Crippen LogP contribution in [0.25, 0.3) is 0 Å².